The predicted octanol–water partition coefficient (Wildman–Crippen LogP) is 12.3. The van der Waals surface area contributed by atoms with Gasteiger partial charge in [-0.15, -0.1) is 22.7 Å². The number of thiophene rings is 3. The third-order valence-corrected chi connectivity index (χ3v) is 20.0. The van der Waals surface area contributed by atoms with Gasteiger partial charge in [-0.25, -0.2) is 22.8 Å². The van der Waals surface area contributed by atoms with Crippen LogP contribution in [0.4, 0.5) is 49.1 Å². The van der Waals surface area contributed by atoms with Crippen LogP contribution in [0.5, 0.6) is 0 Å². The summed E-state index contributed by atoms with van der Waals surface area (Å²) in [4.78, 5) is 51.5. The van der Waals surface area contributed by atoms with E-state index in [2.05, 4.69) is 102 Å². The van der Waals surface area contributed by atoms with E-state index in [-0.39, 0.29) is 37.0 Å². The van der Waals surface area contributed by atoms with Gasteiger partial charge in [-0.2, -0.15) is 37.7 Å². The largest absolute Gasteiger partial charge is 0.542 e. The van der Waals surface area contributed by atoms with Gasteiger partial charge in [0, 0.05) is 81.1 Å². The number of aryl methyl sites for hydroxylation is 3. The fourth-order valence-corrected chi connectivity index (χ4v) is 14.6. The maximum absolute atomic E-state index is 14.4. The van der Waals surface area contributed by atoms with E-state index in [4.69, 9.17) is 29.3 Å². The molecule has 3 aromatic heterocycles. The summed E-state index contributed by atoms with van der Waals surface area (Å²) in [6.07, 6.45) is -3.64. The molecule has 12 nitrogen and oxygen atoms in total. The summed E-state index contributed by atoms with van der Waals surface area (Å²) >= 11 is 8.59. The van der Waals surface area contributed by atoms with Gasteiger partial charge in [0.05, 0.1) is 65.4 Å². The van der Waals surface area contributed by atoms with Crippen molar-refractivity contribution in [3.8, 4) is 0 Å². The number of hydrogen-bond donors (Lipinski definition) is 0. The number of aliphatic carboxylic acids is 2. The molecule has 6 fully saturated rings. The lowest BCUT2D eigenvalue weighted by Crippen LogP contribution is -2.65. The number of ether oxygens (including phenoxy) is 2. The number of carbonyl (C=O) groups is 4. The zero-order valence-electron chi connectivity index (χ0n) is 47.2. The third kappa shape index (κ3) is 19.5. The van der Waals surface area contributed by atoms with Gasteiger partial charge in [-0.3, -0.25) is 9.80 Å². The maximum atomic E-state index is 14.4. The second-order valence-electron chi connectivity index (χ2n) is 22.1. The maximum Gasteiger partial charge on any atom is 0.430 e. The highest BCUT2D eigenvalue weighted by Crippen LogP contribution is 2.39. The van der Waals surface area contributed by atoms with E-state index in [0.29, 0.717) is 31.0 Å². The van der Waals surface area contributed by atoms with Crippen LogP contribution in [0.1, 0.15) is 74.6 Å². The SMILES string of the molecule is Cc1ccsc1CN(Cc1cc(Br)c(C)s1)C(=O)O[C@H]1C[N+]2(CCCc3ccccc3)CCC1CC2.O=C(O[C@H]1C[N+]2(CCc3ccccc3)CCC1CC2)N(Cc1ccsc1)Cc1cc(F)c(F)cc1F.O=C([O-])C(F)(F)F.O=C([O-])C(F)(F)F. The lowest BCUT2D eigenvalue weighted by molar-refractivity contribution is -0.946. The molecule has 2 atom stereocenters. The van der Waals surface area contributed by atoms with E-state index in [1.54, 1.807) is 22.7 Å². The molecule has 3 aromatic carbocycles. The summed E-state index contributed by atoms with van der Waals surface area (Å²) in [6, 6.07) is 28.7. The molecule has 4 bridgehead atoms. The number of nitrogens with zero attached hydrogens (tertiary/aromatic N) is 4. The molecule has 12 rings (SSSR count). The number of carbonyl (C=O) groups excluding carboxylic acids is 4. The van der Waals surface area contributed by atoms with Gasteiger partial charge in [-0.1, -0.05) is 60.7 Å². The Morgan fingerprint density at radius 2 is 1.12 bits per heavy atom. The van der Waals surface area contributed by atoms with Crippen molar-refractivity contribution in [2.24, 2.45) is 11.8 Å². The lowest BCUT2D eigenvalue weighted by atomic mass is 9.83. The summed E-state index contributed by atoms with van der Waals surface area (Å²) in [6.45, 7) is 14.0. The standard InChI is InChI=1S/C29H36BrN2O2S2.C28H30F3N2O2S.2C2HF3O2/c1-21-12-16-35-28(21)19-31(18-25-17-26(30)22(2)36-25)29(33)34-27-20-32(14-10-24(27)11-15-32)13-6-9-23-7-4-3-5-8-23;29-24-15-26(31)25(30)14-23(24)17-32(16-21-9-13-36-19-21)28(34)35-27-18-33(11-7-22(27)8-12-33)10-6-20-4-2-1-3-5-20;2*3-2(4,5)1(6)7/h3-5,7-8,12,16-17,24,27H,6,9-11,13-15,18-20H2,1-2H3;1-5,9,13-15,19,22,27H,6-8,10-12,16-18H2;2*(H,6,7)/q2*+1;;/p-2/t24?,27-,32?;22?,27-,33?;;/m00../s1. The van der Waals surface area contributed by atoms with Crippen LogP contribution in [-0.4, -0.2) is 120 Å². The van der Waals surface area contributed by atoms with Crippen molar-refractivity contribution in [2.75, 3.05) is 52.4 Å². The van der Waals surface area contributed by atoms with E-state index in [9.17, 15) is 49.1 Å². The Morgan fingerprint density at radius 1 is 0.616 bits per heavy atom. The molecular weight excluding hydrogens is 1260 g/mol. The summed E-state index contributed by atoms with van der Waals surface area (Å²) in [5.74, 6) is -8.47. The summed E-state index contributed by atoms with van der Waals surface area (Å²) in [5, 5.41) is 23.5. The smallest absolute Gasteiger partial charge is 0.430 e. The third-order valence-electron chi connectivity index (χ3n) is 16.2. The number of fused-ring (bicyclic) bond motifs is 6. The summed E-state index contributed by atoms with van der Waals surface area (Å²) in [7, 11) is 0. The molecule has 6 aromatic rings. The quantitative estimate of drug-likeness (QED) is 0.0500. The van der Waals surface area contributed by atoms with Crippen molar-refractivity contribution in [3.63, 3.8) is 0 Å². The van der Waals surface area contributed by atoms with Crippen LogP contribution in [0, 0.1) is 43.1 Å². The van der Waals surface area contributed by atoms with Gasteiger partial charge in [0.25, 0.3) is 0 Å². The number of carboxylic acids is 2. The Morgan fingerprint density at radius 3 is 1.58 bits per heavy atom. The number of hydrogen-bond acceptors (Lipinski definition) is 11. The number of alkyl halides is 6. The molecule has 0 N–H and O–H groups in total. The van der Waals surface area contributed by atoms with E-state index in [1.807, 2.05) is 27.8 Å². The minimum atomic E-state index is -5.19. The molecule has 0 spiro atoms. The number of rotatable bonds is 17. The van der Waals surface area contributed by atoms with Gasteiger partial charge in [0.15, 0.2) is 23.8 Å². The average Bonchev–Trinajstić information content (AvgIpc) is 1.32. The normalized spacial score (nSPS) is 21.1. The number of benzene rings is 3. The van der Waals surface area contributed by atoms with Crippen LogP contribution in [0.2, 0.25) is 0 Å². The number of piperidine rings is 6. The van der Waals surface area contributed by atoms with Gasteiger partial charge < -0.3 is 38.2 Å². The Bertz CT molecular complexity index is 3130. The molecular formula is C61H66BrF9N4O8S3. The van der Waals surface area contributed by atoms with Crippen molar-refractivity contribution in [3.05, 3.63) is 172 Å². The molecule has 0 aliphatic carbocycles. The molecule has 466 valence electrons. The van der Waals surface area contributed by atoms with Crippen molar-refractivity contribution in [2.45, 2.75) is 110 Å². The highest BCUT2D eigenvalue weighted by atomic mass is 79.9. The fraction of sp³-hybridized carbons (Fsp3) is 0.443. The molecule has 6 aliphatic rings. The van der Waals surface area contributed by atoms with Crippen LogP contribution in [-0.2, 0) is 58.1 Å². The molecule has 9 heterocycles. The van der Waals surface area contributed by atoms with Gasteiger partial charge in [-0.05, 0) is 98.9 Å². The van der Waals surface area contributed by atoms with Crippen LogP contribution >= 0.6 is 49.9 Å². The first kappa shape index (κ1) is 67.5. The zero-order valence-corrected chi connectivity index (χ0v) is 51.2. The lowest BCUT2D eigenvalue weighted by Gasteiger charge is -2.52. The van der Waals surface area contributed by atoms with Gasteiger partial charge in [0.1, 0.15) is 30.8 Å². The Labute approximate surface area is 513 Å². The second kappa shape index (κ2) is 30.3. The summed E-state index contributed by atoms with van der Waals surface area (Å²) in [5.41, 5.74) is 4.76. The monoisotopic (exact) mass is 1330 g/mol. The molecule has 0 unspecified atom stereocenters. The molecule has 0 radical (unpaired) electrons. The van der Waals surface area contributed by atoms with Crippen molar-refractivity contribution >= 4 is 74.1 Å². The first-order chi connectivity index (χ1) is 40.7. The van der Waals surface area contributed by atoms with Crippen molar-refractivity contribution < 1.29 is 87.3 Å². The molecule has 6 aliphatic heterocycles. The van der Waals surface area contributed by atoms with E-state index in [0.717, 1.165) is 83.5 Å². The highest BCUT2D eigenvalue weighted by molar-refractivity contribution is 9.10. The Balaban J connectivity index is 0.000000201. The molecule has 0 saturated carbocycles. The number of carboxylic acid groups (broad SMARTS) is 2. The van der Waals surface area contributed by atoms with Crippen LogP contribution in [0.25, 0.3) is 0 Å². The minimum Gasteiger partial charge on any atom is -0.542 e. The summed E-state index contributed by atoms with van der Waals surface area (Å²) < 4.78 is 120. The Hall–Kier alpha value is -5.99. The van der Waals surface area contributed by atoms with Crippen molar-refractivity contribution in [1.29, 1.82) is 0 Å². The molecule has 25 heteroatoms. The number of halogens is 10. The van der Waals surface area contributed by atoms with Crippen molar-refractivity contribution in [1.82, 2.24) is 9.80 Å². The second-order valence-corrected chi connectivity index (χ2v) is 26.1. The van der Waals surface area contributed by atoms with E-state index in [1.165, 1.54) is 86.5 Å². The van der Waals surface area contributed by atoms with E-state index >= 15 is 0 Å². The first-order valence-corrected chi connectivity index (χ1v) is 31.3. The molecule has 2 amide bonds. The topological polar surface area (TPSA) is 139 Å². The van der Waals surface area contributed by atoms with Crippen LogP contribution in [0.15, 0.2) is 112 Å². The van der Waals surface area contributed by atoms with Gasteiger partial charge in [0.2, 0.25) is 0 Å². The average molecular weight is 1330 g/mol. The van der Waals surface area contributed by atoms with Gasteiger partial charge >= 0.3 is 24.5 Å². The van der Waals surface area contributed by atoms with Crippen LogP contribution in [0.3, 0.4) is 0 Å². The fourth-order valence-electron chi connectivity index (χ4n) is 11.4. The van der Waals surface area contributed by atoms with Crippen LogP contribution < -0.4 is 10.2 Å². The van der Waals surface area contributed by atoms with E-state index < -0.39 is 47.8 Å². The molecule has 86 heavy (non-hydrogen) atoms. The number of quaternary nitrogens is 2. The predicted molar refractivity (Wildman–Crippen MR) is 307 cm³/mol. The first-order valence-electron chi connectivity index (χ1n) is 27.9. The Kier molecular flexibility index (Phi) is 23.8. The zero-order chi connectivity index (χ0) is 62.4. The highest BCUT2D eigenvalue weighted by Gasteiger charge is 2.49. The molecule has 6 saturated heterocycles. The number of amides is 2. The minimum absolute atomic E-state index is 0.0282.